The predicted octanol–water partition coefficient (Wildman–Crippen LogP) is 0.508. The number of primary sulfonamides is 1. The fraction of sp³-hybridized carbons (Fsp3) is 0.385. The van der Waals surface area contributed by atoms with Gasteiger partial charge in [0.2, 0.25) is 15.9 Å². The number of nitrogens with two attached hydrogens (primary N) is 1. The number of rotatable bonds is 3. The molecule has 1 saturated heterocycles. The minimum absolute atomic E-state index is 0.134. The highest BCUT2D eigenvalue weighted by Gasteiger charge is 2.33. The summed E-state index contributed by atoms with van der Waals surface area (Å²) in [6, 6.07) is 7.35. The number of benzene rings is 1. The predicted molar refractivity (Wildman–Crippen MR) is 74.3 cm³/mol. The maximum atomic E-state index is 12.0. The van der Waals surface area contributed by atoms with Crippen LogP contribution in [0.25, 0.3) is 0 Å². The molecule has 1 amide bonds. The van der Waals surface area contributed by atoms with Gasteiger partial charge in [0.15, 0.2) is 0 Å². The lowest BCUT2D eigenvalue weighted by atomic mass is 10.1. The third-order valence-electron chi connectivity index (χ3n) is 3.33. The van der Waals surface area contributed by atoms with Crippen molar-refractivity contribution in [3.05, 3.63) is 29.3 Å². The van der Waals surface area contributed by atoms with Crippen LogP contribution in [0.1, 0.15) is 17.5 Å². The summed E-state index contributed by atoms with van der Waals surface area (Å²) < 4.78 is 22.2. The summed E-state index contributed by atoms with van der Waals surface area (Å²) in [7, 11) is -3.60. The van der Waals surface area contributed by atoms with E-state index in [9.17, 15) is 18.5 Å². The van der Waals surface area contributed by atoms with Gasteiger partial charge in [0.1, 0.15) is 6.07 Å². The van der Waals surface area contributed by atoms with Gasteiger partial charge >= 0.3 is 0 Å². The topological polar surface area (TPSA) is 104 Å². The molecule has 0 aromatic heterocycles. The third-order valence-corrected chi connectivity index (χ3v) is 4.26. The summed E-state index contributed by atoms with van der Waals surface area (Å²) in [5.74, 6) is -0.728. The van der Waals surface area contributed by atoms with Gasteiger partial charge in [-0.15, -0.1) is 0 Å². The molecule has 0 bridgehead atoms. The third kappa shape index (κ3) is 2.98. The van der Waals surface area contributed by atoms with Gasteiger partial charge in [-0.2, -0.15) is 5.26 Å². The van der Waals surface area contributed by atoms with Crippen molar-refractivity contribution in [2.45, 2.75) is 13.3 Å². The van der Waals surface area contributed by atoms with Crippen LogP contribution in [0, 0.1) is 24.2 Å². The molecule has 106 valence electrons. The summed E-state index contributed by atoms with van der Waals surface area (Å²) in [6.45, 7) is 2.07. The van der Waals surface area contributed by atoms with E-state index in [-0.39, 0.29) is 30.5 Å². The van der Waals surface area contributed by atoms with E-state index in [0.29, 0.717) is 11.3 Å². The van der Waals surface area contributed by atoms with Crippen molar-refractivity contribution in [2.75, 3.05) is 17.2 Å². The fourth-order valence-electron chi connectivity index (χ4n) is 2.48. The monoisotopic (exact) mass is 293 g/mol. The highest BCUT2D eigenvalue weighted by molar-refractivity contribution is 7.89. The minimum atomic E-state index is -3.60. The van der Waals surface area contributed by atoms with E-state index >= 15 is 0 Å². The van der Waals surface area contributed by atoms with Crippen molar-refractivity contribution in [1.82, 2.24) is 0 Å². The van der Waals surface area contributed by atoms with Gasteiger partial charge in [0.25, 0.3) is 0 Å². The van der Waals surface area contributed by atoms with E-state index in [0.717, 1.165) is 5.56 Å². The van der Waals surface area contributed by atoms with Crippen molar-refractivity contribution in [2.24, 2.45) is 11.1 Å². The molecule has 1 aromatic carbocycles. The molecule has 0 radical (unpaired) electrons. The van der Waals surface area contributed by atoms with Gasteiger partial charge < -0.3 is 4.90 Å². The number of sulfonamides is 1. The van der Waals surface area contributed by atoms with Gasteiger partial charge in [0.05, 0.1) is 17.0 Å². The highest BCUT2D eigenvalue weighted by atomic mass is 32.2. The van der Waals surface area contributed by atoms with Gasteiger partial charge in [-0.25, -0.2) is 13.6 Å². The van der Waals surface area contributed by atoms with Gasteiger partial charge in [-0.3, -0.25) is 4.79 Å². The first-order chi connectivity index (χ1) is 9.31. The van der Waals surface area contributed by atoms with E-state index in [4.69, 9.17) is 5.14 Å². The van der Waals surface area contributed by atoms with Crippen molar-refractivity contribution < 1.29 is 13.2 Å². The fourth-order valence-corrected chi connectivity index (χ4v) is 3.36. The SMILES string of the molecule is Cc1cccc(N2CC(CS(N)(=O)=O)CC2=O)c1C#N. The van der Waals surface area contributed by atoms with E-state index in [1.165, 1.54) is 4.90 Å². The Morgan fingerprint density at radius 1 is 1.50 bits per heavy atom. The quantitative estimate of drug-likeness (QED) is 0.876. The Balaban J connectivity index is 2.30. The molecule has 1 aliphatic heterocycles. The largest absolute Gasteiger partial charge is 0.311 e. The molecule has 2 N–H and O–H groups in total. The molecule has 0 saturated carbocycles. The van der Waals surface area contributed by atoms with Crippen LogP contribution < -0.4 is 10.0 Å². The second-order valence-corrected chi connectivity index (χ2v) is 6.64. The summed E-state index contributed by atoms with van der Waals surface area (Å²) in [5.41, 5.74) is 1.76. The first kappa shape index (κ1) is 14.5. The number of carbonyl (C=O) groups excluding carboxylic acids is 1. The van der Waals surface area contributed by atoms with Crippen LogP contribution in [0.15, 0.2) is 18.2 Å². The number of nitriles is 1. The zero-order valence-corrected chi connectivity index (χ0v) is 11.9. The lowest BCUT2D eigenvalue weighted by Crippen LogP contribution is -2.28. The molecule has 1 heterocycles. The Morgan fingerprint density at radius 3 is 2.80 bits per heavy atom. The van der Waals surface area contributed by atoms with Crippen molar-refractivity contribution in [3.63, 3.8) is 0 Å². The molecular formula is C13H15N3O3S. The summed E-state index contributed by atoms with van der Waals surface area (Å²) in [4.78, 5) is 13.5. The molecule has 1 fully saturated rings. The average molecular weight is 293 g/mol. The van der Waals surface area contributed by atoms with Gasteiger partial charge in [-0.05, 0) is 18.6 Å². The lowest BCUT2D eigenvalue weighted by Gasteiger charge is -2.19. The molecule has 2 rings (SSSR count). The molecular weight excluding hydrogens is 278 g/mol. The number of hydrogen-bond acceptors (Lipinski definition) is 4. The van der Waals surface area contributed by atoms with Gasteiger partial charge in [-0.1, -0.05) is 12.1 Å². The first-order valence-corrected chi connectivity index (χ1v) is 7.84. The summed E-state index contributed by atoms with van der Waals surface area (Å²) >= 11 is 0. The number of nitrogens with zero attached hydrogens (tertiary/aromatic N) is 2. The average Bonchev–Trinajstić information content (AvgIpc) is 2.67. The number of hydrogen-bond donors (Lipinski definition) is 1. The van der Waals surface area contributed by atoms with Crippen LogP contribution in [0.3, 0.4) is 0 Å². The first-order valence-electron chi connectivity index (χ1n) is 6.12. The van der Waals surface area contributed by atoms with Crippen LogP contribution in [0.2, 0.25) is 0 Å². The molecule has 1 aliphatic rings. The molecule has 20 heavy (non-hydrogen) atoms. The Morgan fingerprint density at radius 2 is 2.20 bits per heavy atom. The normalized spacial score (nSPS) is 19.1. The molecule has 1 atom stereocenters. The van der Waals surface area contributed by atoms with Crippen molar-refractivity contribution in [1.29, 1.82) is 5.26 Å². The summed E-state index contributed by atoms with van der Waals surface area (Å²) in [5, 5.41) is 14.2. The minimum Gasteiger partial charge on any atom is -0.311 e. The van der Waals surface area contributed by atoms with Crippen molar-refractivity contribution >= 4 is 21.6 Å². The molecule has 0 spiro atoms. The molecule has 7 heteroatoms. The molecule has 1 aromatic rings. The second kappa shape index (κ2) is 5.23. The zero-order valence-electron chi connectivity index (χ0n) is 11.0. The lowest BCUT2D eigenvalue weighted by molar-refractivity contribution is -0.117. The van der Waals surface area contributed by atoms with Gasteiger partial charge in [0, 0.05) is 18.9 Å². The smallest absolute Gasteiger partial charge is 0.227 e. The number of aryl methyl sites for hydroxylation is 1. The van der Waals surface area contributed by atoms with Crippen molar-refractivity contribution in [3.8, 4) is 6.07 Å². The Bertz CT molecular complexity index is 691. The Hall–Kier alpha value is -1.91. The Kier molecular flexibility index (Phi) is 3.79. The van der Waals surface area contributed by atoms with Crippen LogP contribution in [0.5, 0.6) is 0 Å². The molecule has 1 unspecified atom stereocenters. The summed E-state index contributed by atoms with van der Waals surface area (Å²) in [6.07, 6.45) is 0.134. The van der Waals surface area contributed by atoms with E-state index in [2.05, 4.69) is 6.07 Å². The highest BCUT2D eigenvalue weighted by Crippen LogP contribution is 2.29. The number of amides is 1. The zero-order chi connectivity index (χ0) is 14.9. The second-order valence-electron chi connectivity index (χ2n) is 4.98. The molecule has 6 nitrogen and oxygen atoms in total. The van der Waals surface area contributed by atoms with Crippen LogP contribution >= 0.6 is 0 Å². The molecule has 0 aliphatic carbocycles. The standard InChI is InChI=1S/C13H15N3O3S/c1-9-3-2-4-12(11(9)6-14)16-7-10(5-13(16)17)8-20(15,18)19/h2-4,10H,5,7-8H2,1H3,(H2,15,18,19). The van der Waals surface area contributed by atoms with E-state index in [1.807, 2.05) is 0 Å². The van der Waals surface area contributed by atoms with E-state index in [1.54, 1.807) is 25.1 Å². The van der Waals surface area contributed by atoms with E-state index < -0.39 is 10.0 Å². The van der Waals surface area contributed by atoms with Crippen LogP contribution in [-0.2, 0) is 14.8 Å². The van der Waals surface area contributed by atoms with Crippen LogP contribution in [0.4, 0.5) is 5.69 Å². The Labute approximate surface area is 117 Å². The number of anilines is 1. The maximum Gasteiger partial charge on any atom is 0.227 e. The number of carbonyl (C=O) groups is 1. The van der Waals surface area contributed by atoms with Crippen LogP contribution in [-0.4, -0.2) is 26.6 Å². The maximum absolute atomic E-state index is 12.0.